The number of hydrogen-bond donors (Lipinski definition) is 1. The molecule has 0 amide bonds. The van der Waals surface area contributed by atoms with Gasteiger partial charge < -0.3 is 9.67 Å². The highest BCUT2D eigenvalue weighted by Gasteiger charge is 2.10. The molecule has 0 aliphatic rings. The van der Waals surface area contributed by atoms with Crippen molar-refractivity contribution in [3.05, 3.63) is 53.1 Å². The second-order valence-corrected chi connectivity index (χ2v) is 4.03. The molecule has 1 heterocycles. The van der Waals surface area contributed by atoms with Gasteiger partial charge >= 0.3 is 5.97 Å². The summed E-state index contributed by atoms with van der Waals surface area (Å²) in [6.07, 6.45) is 1.57. The van der Waals surface area contributed by atoms with E-state index in [9.17, 15) is 4.79 Å². The smallest absolute Gasteiger partial charge is 0.356 e. The summed E-state index contributed by atoms with van der Waals surface area (Å²) in [7, 11) is 0. The zero-order chi connectivity index (χ0) is 12.4. The van der Waals surface area contributed by atoms with Crippen LogP contribution in [0.15, 0.2) is 30.5 Å². The van der Waals surface area contributed by atoms with Gasteiger partial charge in [-0.05, 0) is 25.0 Å². The van der Waals surface area contributed by atoms with Crippen molar-refractivity contribution >= 4 is 5.97 Å². The van der Waals surface area contributed by atoms with Crippen molar-refractivity contribution in [2.24, 2.45) is 0 Å². The average Bonchev–Trinajstić information content (AvgIpc) is 2.64. The number of imidazole rings is 1. The third-order valence-electron chi connectivity index (χ3n) is 2.80. The normalized spacial score (nSPS) is 10.5. The summed E-state index contributed by atoms with van der Waals surface area (Å²) in [5, 5.41) is 8.87. The summed E-state index contributed by atoms with van der Waals surface area (Å²) < 4.78 is 1.85. The zero-order valence-electron chi connectivity index (χ0n) is 9.84. The van der Waals surface area contributed by atoms with Gasteiger partial charge in [-0.15, -0.1) is 0 Å². The first kappa shape index (κ1) is 11.4. The fraction of sp³-hybridized carbons (Fsp3) is 0.231. The molecule has 0 spiro atoms. The van der Waals surface area contributed by atoms with Crippen molar-refractivity contribution in [1.82, 2.24) is 9.55 Å². The molecular formula is C13H14N2O2. The Morgan fingerprint density at radius 3 is 2.65 bits per heavy atom. The lowest BCUT2D eigenvalue weighted by Crippen LogP contribution is -2.02. The van der Waals surface area contributed by atoms with Gasteiger partial charge in [-0.3, -0.25) is 0 Å². The van der Waals surface area contributed by atoms with E-state index in [1.807, 2.05) is 42.7 Å². The molecule has 0 bridgehead atoms. The van der Waals surface area contributed by atoms with Gasteiger partial charge in [0.2, 0.25) is 0 Å². The van der Waals surface area contributed by atoms with Gasteiger partial charge in [-0.1, -0.05) is 24.3 Å². The Morgan fingerprint density at radius 1 is 1.35 bits per heavy atom. The molecule has 88 valence electrons. The predicted molar refractivity (Wildman–Crippen MR) is 64.2 cm³/mol. The molecule has 17 heavy (non-hydrogen) atoms. The minimum Gasteiger partial charge on any atom is -0.476 e. The maximum absolute atomic E-state index is 10.8. The maximum atomic E-state index is 10.8. The molecule has 1 N–H and O–H groups in total. The molecule has 2 rings (SSSR count). The molecule has 1 aromatic carbocycles. The van der Waals surface area contributed by atoms with E-state index in [4.69, 9.17) is 5.11 Å². The Balaban J connectivity index is 2.30. The van der Waals surface area contributed by atoms with Crippen LogP contribution in [0, 0.1) is 13.8 Å². The number of rotatable bonds is 3. The van der Waals surface area contributed by atoms with Crippen LogP contribution in [0.1, 0.15) is 27.4 Å². The van der Waals surface area contributed by atoms with Crippen LogP contribution in [0.4, 0.5) is 0 Å². The number of benzene rings is 1. The Morgan fingerprint density at radius 2 is 2.06 bits per heavy atom. The van der Waals surface area contributed by atoms with E-state index in [0.717, 1.165) is 0 Å². The summed E-state index contributed by atoms with van der Waals surface area (Å²) in [5.41, 5.74) is 2.46. The first-order valence-electron chi connectivity index (χ1n) is 5.39. The lowest BCUT2D eigenvalue weighted by molar-refractivity contribution is 0.0691. The van der Waals surface area contributed by atoms with Gasteiger partial charge in [0.15, 0.2) is 5.69 Å². The van der Waals surface area contributed by atoms with Crippen LogP contribution in [0.5, 0.6) is 0 Å². The van der Waals surface area contributed by atoms with Crippen molar-refractivity contribution < 1.29 is 9.90 Å². The number of nitrogens with zero attached hydrogens (tertiary/aromatic N) is 2. The van der Waals surface area contributed by atoms with Crippen molar-refractivity contribution in [2.45, 2.75) is 20.4 Å². The SMILES string of the molecule is Cc1ccccc1Cn1cc(C(=O)O)nc1C. The van der Waals surface area contributed by atoms with Gasteiger partial charge in [0, 0.05) is 12.7 Å². The Kier molecular flexibility index (Phi) is 2.95. The van der Waals surface area contributed by atoms with E-state index >= 15 is 0 Å². The molecular weight excluding hydrogens is 216 g/mol. The summed E-state index contributed by atoms with van der Waals surface area (Å²) in [4.78, 5) is 14.8. The molecule has 0 unspecified atom stereocenters. The lowest BCUT2D eigenvalue weighted by atomic mass is 10.1. The number of aromatic nitrogens is 2. The van der Waals surface area contributed by atoms with E-state index in [2.05, 4.69) is 4.98 Å². The minimum atomic E-state index is -0.989. The number of aryl methyl sites for hydroxylation is 2. The molecule has 0 aliphatic heterocycles. The average molecular weight is 230 g/mol. The minimum absolute atomic E-state index is 0.0936. The molecule has 0 fully saturated rings. The van der Waals surface area contributed by atoms with Crippen LogP contribution in [0.25, 0.3) is 0 Å². The molecule has 0 saturated heterocycles. The Labute approximate surface area is 99.5 Å². The topological polar surface area (TPSA) is 55.1 Å². The first-order chi connectivity index (χ1) is 8.08. The fourth-order valence-corrected chi connectivity index (χ4v) is 1.74. The number of carboxylic acid groups (broad SMARTS) is 1. The highest BCUT2D eigenvalue weighted by atomic mass is 16.4. The van der Waals surface area contributed by atoms with Gasteiger partial charge in [-0.25, -0.2) is 9.78 Å². The third kappa shape index (κ3) is 2.36. The summed E-state index contributed by atoms with van der Waals surface area (Å²) in [5.74, 6) is -0.276. The van der Waals surface area contributed by atoms with Gasteiger partial charge in [-0.2, -0.15) is 0 Å². The van der Waals surface area contributed by atoms with Crippen LogP contribution in [-0.4, -0.2) is 20.6 Å². The number of hydrogen-bond acceptors (Lipinski definition) is 2. The van der Waals surface area contributed by atoms with E-state index < -0.39 is 5.97 Å². The molecule has 4 nitrogen and oxygen atoms in total. The molecule has 4 heteroatoms. The van der Waals surface area contributed by atoms with E-state index in [1.54, 1.807) is 6.20 Å². The number of carbonyl (C=O) groups is 1. The highest BCUT2D eigenvalue weighted by Crippen LogP contribution is 2.11. The predicted octanol–water partition coefficient (Wildman–Crippen LogP) is 2.25. The Hall–Kier alpha value is -2.10. The lowest BCUT2D eigenvalue weighted by Gasteiger charge is -2.07. The second-order valence-electron chi connectivity index (χ2n) is 4.03. The molecule has 0 radical (unpaired) electrons. The van der Waals surface area contributed by atoms with Crippen LogP contribution < -0.4 is 0 Å². The van der Waals surface area contributed by atoms with Crippen molar-refractivity contribution in [1.29, 1.82) is 0 Å². The largest absolute Gasteiger partial charge is 0.476 e. The molecule has 2 aromatic rings. The van der Waals surface area contributed by atoms with Crippen LogP contribution in [-0.2, 0) is 6.54 Å². The second kappa shape index (κ2) is 4.41. The van der Waals surface area contributed by atoms with Crippen molar-refractivity contribution in [2.75, 3.05) is 0 Å². The monoisotopic (exact) mass is 230 g/mol. The first-order valence-corrected chi connectivity index (χ1v) is 5.39. The molecule has 0 aliphatic carbocycles. The standard InChI is InChI=1S/C13H14N2O2/c1-9-5-3-4-6-11(9)7-15-8-12(13(16)17)14-10(15)2/h3-6,8H,7H2,1-2H3,(H,16,17). The van der Waals surface area contributed by atoms with E-state index in [0.29, 0.717) is 12.4 Å². The summed E-state index contributed by atoms with van der Waals surface area (Å²) in [6, 6.07) is 8.05. The zero-order valence-corrected chi connectivity index (χ0v) is 9.84. The summed E-state index contributed by atoms with van der Waals surface area (Å²) >= 11 is 0. The quantitative estimate of drug-likeness (QED) is 0.879. The number of aromatic carboxylic acids is 1. The fourth-order valence-electron chi connectivity index (χ4n) is 1.74. The highest BCUT2D eigenvalue weighted by molar-refractivity contribution is 5.85. The van der Waals surface area contributed by atoms with Crippen LogP contribution >= 0.6 is 0 Å². The van der Waals surface area contributed by atoms with Gasteiger partial charge in [0.05, 0.1) is 0 Å². The Bertz CT molecular complexity index is 558. The van der Waals surface area contributed by atoms with Crippen LogP contribution in [0.3, 0.4) is 0 Å². The maximum Gasteiger partial charge on any atom is 0.356 e. The van der Waals surface area contributed by atoms with Crippen molar-refractivity contribution in [3.8, 4) is 0 Å². The van der Waals surface area contributed by atoms with Gasteiger partial charge in [0.1, 0.15) is 5.82 Å². The third-order valence-corrected chi connectivity index (χ3v) is 2.80. The summed E-state index contributed by atoms with van der Waals surface area (Å²) in [6.45, 7) is 4.50. The van der Waals surface area contributed by atoms with Gasteiger partial charge in [0.25, 0.3) is 0 Å². The molecule has 1 aromatic heterocycles. The van der Waals surface area contributed by atoms with Crippen molar-refractivity contribution in [3.63, 3.8) is 0 Å². The van der Waals surface area contributed by atoms with Crippen LogP contribution in [0.2, 0.25) is 0 Å². The number of carboxylic acids is 1. The van der Waals surface area contributed by atoms with E-state index in [-0.39, 0.29) is 5.69 Å². The molecule has 0 atom stereocenters. The van der Waals surface area contributed by atoms with E-state index in [1.165, 1.54) is 11.1 Å². The molecule has 0 saturated carbocycles.